The Balaban J connectivity index is 2.36. The number of thiophene rings is 1. The molecule has 0 radical (unpaired) electrons. The molecule has 0 amide bonds. The topological polar surface area (TPSA) is 20.2 Å². The Morgan fingerprint density at radius 3 is 1.89 bits per heavy atom. The maximum Gasteiger partial charge on any atom is 0.416 e. The van der Waals surface area contributed by atoms with Crippen molar-refractivity contribution in [2.45, 2.75) is 25.6 Å². The summed E-state index contributed by atoms with van der Waals surface area (Å²) in [4.78, 5) is 1.76. The number of rotatable bonds is 2. The first kappa shape index (κ1) is 14.1. The van der Waals surface area contributed by atoms with Gasteiger partial charge in [-0.3, -0.25) is 0 Å². The Morgan fingerprint density at radius 1 is 0.947 bits per heavy atom. The summed E-state index contributed by atoms with van der Waals surface area (Å²) in [6.45, 7) is 3.50. The molecule has 1 heterocycles. The summed E-state index contributed by atoms with van der Waals surface area (Å²) >= 11 is 1.43. The van der Waals surface area contributed by atoms with Crippen molar-refractivity contribution in [1.82, 2.24) is 0 Å². The molecule has 1 aromatic heterocycles. The van der Waals surface area contributed by atoms with Gasteiger partial charge in [-0.05, 0) is 43.7 Å². The molecule has 5 heteroatoms. The van der Waals surface area contributed by atoms with Gasteiger partial charge in [0.15, 0.2) is 0 Å². The summed E-state index contributed by atoms with van der Waals surface area (Å²) in [6.07, 6.45) is -4.36. The van der Waals surface area contributed by atoms with E-state index in [4.69, 9.17) is 0 Å². The lowest BCUT2D eigenvalue weighted by Crippen LogP contribution is -2.21. The minimum atomic E-state index is -4.36. The third-order valence-corrected chi connectivity index (χ3v) is 4.21. The van der Waals surface area contributed by atoms with E-state index in [1.807, 2.05) is 13.0 Å². The molecule has 2 aromatic rings. The van der Waals surface area contributed by atoms with E-state index in [1.54, 1.807) is 13.0 Å². The van der Waals surface area contributed by atoms with Crippen LogP contribution in [0, 0.1) is 6.92 Å². The molecule has 1 N–H and O–H groups in total. The lowest BCUT2D eigenvalue weighted by molar-refractivity contribution is -0.137. The second kappa shape index (κ2) is 4.65. The highest BCUT2D eigenvalue weighted by molar-refractivity contribution is 7.12. The molecule has 2 rings (SSSR count). The number of alkyl halides is 3. The molecule has 1 atom stereocenters. The number of aliphatic hydroxyl groups is 1. The van der Waals surface area contributed by atoms with Gasteiger partial charge in [-0.2, -0.15) is 13.2 Å². The van der Waals surface area contributed by atoms with E-state index in [0.717, 1.165) is 17.0 Å². The summed E-state index contributed by atoms with van der Waals surface area (Å²) in [7, 11) is 0. The van der Waals surface area contributed by atoms with E-state index in [1.165, 1.54) is 23.5 Å². The normalized spacial score (nSPS) is 15.3. The first-order valence-corrected chi connectivity index (χ1v) is 6.50. The Bertz CT molecular complexity index is 567. The average Bonchev–Trinajstić information content (AvgIpc) is 2.76. The van der Waals surface area contributed by atoms with Crippen LogP contribution in [0.25, 0.3) is 0 Å². The van der Waals surface area contributed by atoms with Crippen molar-refractivity contribution < 1.29 is 18.3 Å². The van der Waals surface area contributed by atoms with Crippen LogP contribution in [0.1, 0.15) is 27.8 Å². The zero-order valence-electron chi connectivity index (χ0n) is 10.5. The largest absolute Gasteiger partial charge is 0.416 e. The maximum atomic E-state index is 12.5. The molecule has 0 saturated carbocycles. The fourth-order valence-electron chi connectivity index (χ4n) is 1.82. The molecule has 0 aliphatic rings. The molecular formula is C14H13F3OS. The zero-order valence-corrected chi connectivity index (χ0v) is 11.3. The number of hydrogen-bond donors (Lipinski definition) is 1. The smallest absolute Gasteiger partial charge is 0.380 e. The lowest BCUT2D eigenvalue weighted by Gasteiger charge is -2.23. The van der Waals surface area contributed by atoms with Crippen LogP contribution in [-0.2, 0) is 11.8 Å². The van der Waals surface area contributed by atoms with Gasteiger partial charge in [-0.15, -0.1) is 11.3 Å². The highest BCUT2D eigenvalue weighted by atomic mass is 32.1. The average molecular weight is 286 g/mol. The van der Waals surface area contributed by atoms with Gasteiger partial charge in [-0.25, -0.2) is 0 Å². The first-order valence-electron chi connectivity index (χ1n) is 5.68. The fraction of sp³-hybridized carbons (Fsp3) is 0.286. The fourth-order valence-corrected chi connectivity index (χ4v) is 2.76. The summed E-state index contributed by atoms with van der Waals surface area (Å²) in [6, 6.07) is 8.28. The predicted octanol–water partition coefficient (Wildman–Crippen LogP) is 4.33. The van der Waals surface area contributed by atoms with Gasteiger partial charge in [0, 0.05) is 9.75 Å². The second-order valence-electron chi connectivity index (χ2n) is 4.56. The van der Waals surface area contributed by atoms with Crippen LogP contribution in [0.5, 0.6) is 0 Å². The molecule has 1 unspecified atom stereocenters. The standard InChI is InChI=1S/C14H13F3OS/c1-9-3-8-12(19-9)13(2,18)10-4-6-11(7-5-10)14(15,16)17/h3-8,18H,1-2H3. The van der Waals surface area contributed by atoms with Crippen molar-refractivity contribution in [1.29, 1.82) is 0 Å². The van der Waals surface area contributed by atoms with Gasteiger partial charge in [0.1, 0.15) is 5.60 Å². The van der Waals surface area contributed by atoms with Gasteiger partial charge in [-0.1, -0.05) is 12.1 Å². The highest BCUT2D eigenvalue weighted by Gasteiger charge is 2.32. The van der Waals surface area contributed by atoms with E-state index in [0.29, 0.717) is 10.4 Å². The van der Waals surface area contributed by atoms with Crippen LogP contribution in [-0.4, -0.2) is 5.11 Å². The van der Waals surface area contributed by atoms with Crippen LogP contribution in [0.15, 0.2) is 36.4 Å². The van der Waals surface area contributed by atoms with Crippen molar-refractivity contribution in [2.75, 3.05) is 0 Å². The third-order valence-electron chi connectivity index (χ3n) is 2.99. The molecule has 19 heavy (non-hydrogen) atoms. The first-order chi connectivity index (χ1) is 8.71. The molecule has 0 bridgehead atoms. The van der Waals surface area contributed by atoms with Crippen LogP contribution >= 0.6 is 11.3 Å². The van der Waals surface area contributed by atoms with Crippen molar-refractivity contribution in [3.63, 3.8) is 0 Å². The minimum absolute atomic E-state index is 0.447. The van der Waals surface area contributed by atoms with Crippen LogP contribution in [0.2, 0.25) is 0 Å². The van der Waals surface area contributed by atoms with E-state index in [2.05, 4.69) is 0 Å². The number of benzene rings is 1. The van der Waals surface area contributed by atoms with Gasteiger partial charge in [0.25, 0.3) is 0 Å². The molecular weight excluding hydrogens is 273 g/mol. The van der Waals surface area contributed by atoms with Crippen molar-refractivity contribution in [3.8, 4) is 0 Å². The Labute approximate surface area is 113 Å². The van der Waals surface area contributed by atoms with Gasteiger partial charge < -0.3 is 5.11 Å². The van der Waals surface area contributed by atoms with E-state index < -0.39 is 17.3 Å². The monoisotopic (exact) mass is 286 g/mol. The van der Waals surface area contributed by atoms with Crippen LogP contribution < -0.4 is 0 Å². The summed E-state index contributed by atoms with van der Waals surface area (Å²) in [5.74, 6) is 0. The number of halogens is 3. The van der Waals surface area contributed by atoms with E-state index >= 15 is 0 Å². The molecule has 0 saturated heterocycles. The van der Waals surface area contributed by atoms with Gasteiger partial charge >= 0.3 is 6.18 Å². The SMILES string of the molecule is Cc1ccc(C(C)(O)c2ccc(C(F)(F)F)cc2)s1. The quantitative estimate of drug-likeness (QED) is 0.871. The predicted molar refractivity (Wildman–Crippen MR) is 69.2 cm³/mol. The summed E-state index contributed by atoms with van der Waals surface area (Å²) in [5.41, 5.74) is -1.54. The number of hydrogen-bond acceptors (Lipinski definition) is 2. The van der Waals surface area contributed by atoms with Crippen molar-refractivity contribution in [2.24, 2.45) is 0 Å². The Morgan fingerprint density at radius 2 is 1.47 bits per heavy atom. The Hall–Kier alpha value is -1.33. The summed E-state index contributed by atoms with van der Waals surface area (Å²) < 4.78 is 37.4. The second-order valence-corrected chi connectivity index (χ2v) is 5.85. The molecule has 0 spiro atoms. The molecule has 102 valence electrons. The summed E-state index contributed by atoms with van der Waals surface area (Å²) in [5, 5.41) is 10.5. The van der Waals surface area contributed by atoms with E-state index in [-0.39, 0.29) is 0 Å². The molecule has 0 fully saturated rings. The van der Waals surface area contributed by atoms with Gasteiger partial charge in [0.05, 0.1) is 5.56 Å². The van der Waals surface area contributed by atoms with Gasteiger partial charge in [0.2, 0.25) is 0 Å². The molecule has 0 aliphatic carbocycles. The third kappa shape index (κ3) is 2.82. The zero-order chi connectivity index (χ0) is 14.3. The highest BCUT2D eigenvalue weighted by Crippen LogP contribution is 2.36. The van der Waals surface area contributed by atoms with Crippen molar-refractivity contribution >= 4 is 11.3 Å². The molecule has 1 nitrogen and oxygen atoms in total. The number of aryl methyl sites for hydroxylation is 1. The molecule has 0 aliphatic heterocycles. The minimum Gasteiger partial charge on any atom is -0.380 e. The molecule has 1 aromatic carbocycles. The van der Waals surface area contributed by atoms with Crippen LogP contribution in [0.3, 0.4) is 0 Å². The lowest BCUT2D eigenvalue weighted by atomic mass is 9.93. The van der Waals surface area contributed by atoms with Crippen LogP contribution in [0.4, 0.5) is 13.2 Å². The van der Waals surface area contributed by atoms with E-state index in [9.17, 15) is 18.3 Å². The van der Waals surface area contributed by atoms with Crippen molar-refractivity contribution in [3.05, 3.63) is 57.3 Å². The Kier molecular flexibility index (Phi) is 3.45. The maximum absolute atomic E-state index is 12.5.